The second-order valence-electron chi connectivity index (χ2n) is 3.72. The van der Waals surface area contributed by atoms with Crippen LogP contribution < -0.4 is 0 Å². The van der Waals surface area contributed by atoms with Crippen molar-refractivity contribution in [2.45, 2.75) is 37.6 Å². The largest absolute Gasteiger partial charge is 0.376 e. The molecule has 0 radical (unpaired) electrons. The van der Waals surface area contributed by atoms with Gasteiger partial charge in [0.15, 0.2) is 6.29 Å². The number of aliphatic hydroxyl groups excluding tert-OH is 1. The summed E-state index contributed by atoms with van der Waals surface area (Å²) in [5, 5.41) is 9.71. The maximum Gasteiger partial charge on any atom is 0.184 e. The van der Waals surface area contributed by atoms with Gasteiger partial charge in [-0.3, -0.25) is 0 Å². The SMILES string of the molecule is C=CCO[C@@H]1[C@@H](OC)[C@H](C)OC(O)[C@@H]1OC. The van der Waals surface area contributed by atoms with Crippen LogP contribution in [0, 0.1) is 0 Å². The molecule has 0 bridgehead atoms. The molecule has 0 saturated carbocycles. The van der Waals surface area contributed by atoms with Crippen molar-refractivity contribution >= 4 is 0 Å². The maximum atomic E-state index is 9.71. The van der Waals surface area contributed by atoms with Gasteiger partial charge in [-0.25, -0.2) is 0 Å². The molecule has 1 saturated heterocycles. The summed E-state index contributed by atoms with van der Waals surface area (Å²) in [6.07, 6.45) is -0.796. The Bertz CT molecular complexity index is 204. The van der Waals surface area contributed by atoms with Crippen LogP contribution in [0.3, 0.4) is 0 Å². The lowest BCUT2D eigenvalue weighted by Gasteiger charge is -2.42. The standard InChI is InChI=1S/C11H20O5/c1-5-6-15-9-8(13-3)7(2)16-11(12)10(9)14-4/h5,7-12H,1,6H2,2-4H3/t7-,8-,9+,10+,11?/m0/s1. The molecule has 16 heavy (non-hydrogen) atoms. The highest BCUT2D eigenvalue weighted by Crippen LogP contribution is 2.25. The fraction of sp³-hybridized carbons (Fsp3) is 0.818. The number of hydrogen-bond donors (Lipinski definition) is 1. The molecular formula is C11H20O5. The lowest BCUT2D eigenvalue weighted by molar-refractivity contribution is -0.293. The van der Waals surface area contributed by atoms with E-state index in [2.05, 4.69) is 6.58 Å². The molecule has 94 valence electrons. The average Bonchev–Trinajstić information content (AvgIpc) is 2.26. The molecule has 1 N–H and O–H groups in total. The van der Waals surface area contributed by atoms with E-state index in [-0.39, 0.29) is 18.3 Å². The average molecular weight is 232 g/mol. The van der Waals surface area contributed by atoms with Crippen LogP contribution in [-0.2, 0) is 18.9 Å². The molecule has 5 heteroatoms. The minimum atomic E-state index is -0.999. The van der Waals surface area contributed by atoms with Crippen molar-refractivity contribution in [1.82, 2.24) is 0 Å². The normalized spacial score (nSPS) is 39.6. The van der Waals surface area contributed by atoms with E-state index < -0.39 is 12.4 Å². The molecular weight excluding hydrogens is 212 g/mol. The van der Waals surface area contributed by atoms with Crippen molar-refractivity contribution in [3.63, 3.8) is 0 Å². The molecule has 0 aliphatic carbocycles. The van der Waals surface area contributed by atoms with Crippen molar-refractivity contribution in [2.24, 2.45) is 0 Å². The smallest absolute Gasteiger partial charge is 0.184 e. The molecule has 1 fully saturated rings. The Morgan fingerprint density at radius 3 is 2.38 bits per heavy atom. The van der Waals surface area contributed by atoms with Gasteiger partial charge >= 0.3 is 0 Å². The first-order valence-corrected chi connectivity index (χ1v) is 5.27. The predicted molar refractivity (Wildman–Crippen MR) is 58.1 cm³/mol. The third kappa shape index (κ3) is 2.81. The summed E-state index contributed by atoms with van der Waals surface area (Å²) in [5.41, 5.74) is 0. The zero-order chi connectivity index (χ0) is 12.1. The first-order chi connectivity index (χ1) is 7.65. The lowest BCUT2D eigenvalue weighted by atomic mass is 9.99. The van der Waals surface area contributed by atoms with Gasteiger partial charge < -0.3 is 24.1 Å². The first kappa shape index (κ1) is 13.6. The Balaban J connectivity index is 2.76. The van der Waals surface area contributed by atoms with Crippen LogP contribution in [0.4, 0.5) is 0 Å². The monoisotopic (exact) mass is 232 g/mol. The Kier molecular flexibility index (Phi) is 5.37. The van der Waals surface area contributed by atoms with Crippen molar-refractivity contribution in [3.05, 3.63) is 12.7 Å². The van der Waals surface area contributed by atoms with E-state index in [0.29, 0.717) is 6.61 Å². The molecule has 0 spiro atoms. The van der Waals surface area contributed by atoms with E-state index in [1.807, 2.05) is 6.92 Å². The zero-order valence-corrected chi connectivity index (χ0v) is 9.96. The summed E-state index contributed by atoms with van der Waals surface area (Å²) >= 11 is 0. The third-order valence-electron chi connectivity index (χ3n) is 2.70. The fourth-order valence-corrected chi connectivity index (χ4v) is 1.94. The molecule has 1 heterocycles. The Morgan fingerprint density at radius 2 is 1.88 bits per heavy atom. The molecule has 0 aromatic heterocycles. The van der Waals surface area contributed by atoms with Crippen molar-refractivity contribution in [1.29, 1.82) is 0 Å². The highest BCUT2D eigenvalue weighted by atomic mass is 16.7. The summed E-state index contributed by atoms with van der Waals surface area (Å²) in [6.45, 7) is 5.79. The van der Waals surface area contributed by atoms with Gasteiger partial charge in [-0.2, -0.15) is 0 Å². The summed E-state index contributed by atoms with van der Waals surface area (Å²) < 4.78 is 21.4. The number of methoxy groups -OCH3 is 2. The minimum Gasteiger partial charge on any atom is -0.376 e. The first-order valence-electron chi connectivity index (χ1n) is 5.27. The van der Waals surface area contributed by atoms with Gasteiger partial charge in [-0.1, -0.05) is 6.08 Å². The molecule has 1 rings (SSSR count). The van der Waals surface area contributed by atoms with Crippen LogP contribution >= 0.6 is 0 Å². The lowest BCUT2D eigenvalue weighted by Crippen LogP contribution is -2.58. The fourth-order valence-electron chi connectivity index (χ4n) is 1.94. The Labute approximate surface area is 95.9 Å². The van der Waals surface area contributed by atoms with E-state index in [0.717, 1.165) is 0 Å². The van der Waals surface area contributed by atoms with Crippen LogP contribution in [0.2, 0.25) is 0 Å². The summed E-state index contributed by atoms with van der Waals surface area (Å²) in [7, 11) is 3.09. The number of rotatable bonds is 5. The van der Waals surface area contributed by atoms with Gasteiger partial charge in [0.05, 0.1) is 12.7 Å². The minimum absolute atomic E-state index is 0.249. The van der Waals surface area contributed by atoms with Gasteiger partial charge in [-0.15, -0.1) is 6.58 Å². The second-order valence-corrected chi connectivity index (χ2v) is 3.72. The number of hydrogen-bond acceptors (Lipinski definition) is 5. The number of aliphatic hydroxyl groups is 1. The van der Waals surface area contributed by atoms with Gasteiger partial charge in [0, 0.05) is 14.2 Å². The van der Waals surface area contributed by atoms with E-state index in [9.17, 15) is 5.11 Å². The quantitative estimate of drug-likeness (QED) is 0.692. The van der Waals surface area contributed by atoms with Gasteiger partial charge in [-0.05, 0) is 6.92 Å². The van der Waals surface area contributed by atoms with E-state index in [4.69, 9.17) is 18.9 Å². The van der Waals surface area contributed by atoms with Crippen molar-refractivity contribution in [2.75, 3.05) is 20.8 Å². The Morgan fingerprint density at radius 1 is 1.25 bits per heavy atom. The third-order valence-corrected chi connectivity index (χ3v) is 2.70. The van der Waals surface area contributed by atoms with Crippen molar-refractivity contribution in [3.8, 4) is 0 Å². The number of ether oxygens (including phenoxy) is 4. The van der Waals surface area contributed by atoms with Gasteiger partial charge in [0.1, 0.15) is 18.3 Å². The molecule has 1 aliphatic rings. The molecule has 1 unspecified atom stereocenters. The maximum absolute atomic E-state index is 9.71. The topological polar surface area (TPSA) is 57.2 Å². The van der Waals surface area contributed by atoms with E-state index in [1.54, 1.807) is 13.2 Å². The highest BCUT2D eigenvalue weighted by molar-refractivity contribution is 4.90. The van der Waals surface area contributed by atoms with Gasteiger partial charge in [0.25, 0.3) is 0 Å². The van der Waals surface area contributed by atoms with Crippen LogP contribution in [0.15, 0.2) is 12.7 Å². The van der Waals surface area contributed by atoms with Crippen LogP contribution in [0.1, 0.15) is 6.92 Å². The van der Waals surface area contributed by atoms with Crippen LogP contribution in [0.25, 0.3) is 0 Å². The molecule has 0 aromatic carbocycles. The molecule has 1 aliphatic heterocycles. The summed E-state index contributed by atoms with van der Waals surface area (Å²) in [4.78, 5) is 0. The molecule has 5 atom stereocenters. The highest BCUT2D eigenvalue weighted by Gasteiger charge is 2.44. The van der Waals surface area contributed by atoms with Gasteiger partial charge in [0.2, 0.25) is 0 Å². The molecule has 5 nitrogen and oxygen atoms in total. The Hall–Kier alpha value is -0.460. The van der Waals surface area contributed by atoms with Crippen LogP contribution in [-0.4, -0.2) is 56.6 Å². The summed E-state index contributed by atoms with van der Waals surface area (Å²) in [5.74, 6) is 0. The van der Waals surface area contributed by atoms with Crippen LogP contribution in [0.5, 0.6) is 0 Å². The molecule has 0 amide bonds. The van der Waals surface area contributed by atoms with Crippen molar-refractivity contribution < 1.29 is 24.1 Å². The zero-order valence-electron chi connectivity index (χ0n) is 9.96. The second kappa shape index (κ2) is 6.32. The molecule has 0 aromatic rings. The van der Waals surface area contributed by atoms with E-state index in [1.165, 1.54) is 7.11 Å². The van der Waals surface area contributed by atoms with E-state index >= 15 is 0 Å². The predicted octanol–water partition coefficient (Wildman–Crippen LogP) is 0.325. The summed E-state index contributed by atoms with van der Waals surface area (Å²) in [6, 6.07) is 0.